The molecular formula is C25H26FN3O5. The van der Waals surface area contributed by atoms with E-state index in [1.807, 2.05) is 0 Å². The number of hydrogen-bond donors (Lipinski definition) is 1. The molecule has 34 heavy (non-hydrogen) atoms. The Kier molecular flexibility index (Phi) is 6.90. The average Bonchev–Trinajstić information content (AvgIpc) is 3.22. The summed E-state index contributed by atoms with van der Waals surface area (Å²) >= 11 is 0. The Morgan fingerprint density at radius 3 is 2.62 bits per heavy atom. The van der Waals surface area contributed by atoms with Gasteiger partial charge in [0.2, 0.25) is 5.91 Å². The number of aromatic nitrogens is 2. The zero-order chi connectivity index (χ0) is 24.2. The summed E-state index contributed by atoms with van der Waals surface area (Å²) in [5.74, 6) is -1.66. The molecule has 0 bridgehead atoms. The van der Waals surface area contributed by atoms with Gasteiger partial charge in [0, 0.05) is 32.3 Å². The molecule has 1 amide bonds. The number of esters is 1. The molecule has 2 aromatic heterocycles. The van der Waals surface area contributed by atoms with Crippen LogP contribution < -0.4 is 5.56 Å². The highest BCUT2D eigenvalue weighted by Gasteiger charge is 2.25. The van der Waals surface area contributed by atoms with Crippen molar-refractivity contribution in [3.05, 3.63) is 69.4 Å². The van der Waals surface area contributed by atoms with Crippen molar-refractivity contribution in [3.8, 4) is 5.75 Å². The fourth-order valence-corrected chi connectivity index (χ4v) is 4.25. The number of rotatable bonds is 8. The summed E-state index contributed by atoms with van der Waals surface area (Å²) in [5.41, 5.74) is 0.981. The van der Waals surface area contributed by atoms with Crippen LogP contribution in [0.4, 0.5) is 4.39 Å². The first kappa shape index (κ1) is 23.4. The van der Waals surface area contributed by atoms with Gasteiger partial charge in [-0.3, -0.25) is 14.6 Å². The van der Waals surface area contributed by atoms with Gasteiger partial charge in [-0.25, -0.2) is 9.18 Å². The van der Waals surface area contributed by atoms with Crippen LogP contribution >= 0.6 is 0 Å². The highest BCUT2D eigenvalue weighted by atomic mass is 19.1. The highest BCUT2D eigenvalue weighted by molar-refractivity contribution is 5.98. The van der Waals surface area contributed by atoms with Crippen LogP contribution in [0.5, 0.6) is 5.75 Å². The number of aryl methyl sites for hydroxylation is 1. The monoisotopic (exact) mass is 467 g/mol. The molecule has 0 atom stereocenters. The Hall–Kier alpha value is -3.75. The van der Waals surface area contributed by atoms with Gasteiger partial charge >= 0.3 is 5.97 Å². The van der Waals surface area contributed by atoms with Gasteiger partial charge in [0.05, 0.1) is 12.1 Å². The van der Waals surface area contributed by atoms with Gasteiger partial charge in [-0.1, -0.05) is 12.1 Å². The molecule has 0 spiro atoms. The molecule has 3 heterocycles. The largest absolute Gasteiger partial charge is 0.505 e. The average molecular weight is 467 g/mol. The second-order valence-electron chi connectivity index (χ2n) is 8.25. The van der Waals surface area contributed by atoms with Gasteiger partial charge in [0.25, 0.3) is 5.56 Å². The normalized spacial score (nSPS) is 13.6. The van der Waals surface area contributed by atoms with Crippen molar-refractivity contribution in [1.82, 2.24) is 14.5 Å². The molecule has 1 aromatic carbocycles. The van der Waals surface area contributed by atoms with Crippen molar-refractivity contribution in [2.24, 2.45) is 0 Å². The topological polar surface area (TPSA) is 102 Å². The highest BCUT2D eigenvalue weighted by Crippen LogP contribution is 2.27. The van der Waals surface area contributed by atoms with Crippen LogP contribution in [0.1, 0.15) is 47.7 Å². The van der Waals surface area contributed by atoms with Gasteiger partial charge in [-0.05, 0) is 55.5 Å². The third kappa shape index (κ3) is 4.78. The Morgan fingerprint density at radius 1 is 1.18 bits per heavy atom. The number of amides is 1. The van der Waals surface area contributed by atoms with E-state index in [9.17, 15) is 23.9 Å². The third-order valence-corrected chi connectivity index (χ3v) is 5.92. The molecule has 4 rings (SSSR count). The lowest BCUT2D eigenvalue weighted by Gasteiger charge is -2.18. The second kappa shape index (κ2) is 10.0. The van der Waals surface area contributed by atoms with Gasteiger partial charge < -0.3 is 19.3 Å². The summed E-state index contributed by atoms with van der Waals surface area (Å²) in [6.07, 6.45) is 3.85. The zero-order valence-electron chi connectivity index (χ0n) is 18.9. The number of nitrogens with zero attached hydrogens (tertiary/aromatic N) is 3. The van der Waals surface area contributed by atoms with Crippen LogP contribution in [0.3, 0.4) is 0 Å². The number of hydrogen-bond acceptors (Lipinski definition) is 6. The van der Waals surface area contributed by atoms with Gasteiger partial charge in [0.15, 0.2) is 11.3 Å². The molecule has 1 fully saturated rings. The number of pyridine rings is 2. The van der Waals surface area contributed by atoms with E-state index in [0.717, 1.165) is 17.5 Å². The van der Waals surface area contributed by atoms with Crippen molar-refractivity contribution in [2.45, 2.75) is 39.2 Å². The minimum atomic E-state index is -0.910. The number of ether oxygens (including phenoxy) is 1. The summed E-state index contributed by atoms with van der Waals surface area (Å²) in [6.45, 7) is 3.08. The standard InChI is InChI=1S/C25H26FN3O5/c1-2-34-25(33)21-23(31)22-19(14-17(15-27-22)13-16-6-8-18(26)9-7-16)29(24(21)32)12-4-11-28-10-3-5-20(28)30/h6-9,14-15,31H,2-5,10-13H2,1H3. The number of carbonyl (C=O) groups is 2. The molecule has 0 unspecified atom stereocenters. The van der Waals surface area contributed by atoms with Gasteiger partial charge in [-0.15, -0.1) is 0 Å². The minimum Gasteiger partial charge on any atom is -0.505 e. The Morgan fingerprint density at radius 2 is 1.94 bits per heavy atom. The molecule has 1 saturated heterocycles. The number of benzene rings is 1. The predicted molar refractivity (Wildman–Crippen MR) is 123 cm³/mol. The zero-order valence-corrected chi connectivity index (χ0v) is 18.9. The van der Waals surface area contributed by atoms with Gasteiger partial charge in [-0.2, -0.15) is 0 Å². The fourth-order valence-electron chi connectivity index (χ4n) is 4.25. The van der Waals surface area contributed by atoms with Crippen LogP contribution in [0, 0.1) is 5.82 Å². The summed E-state index contributed by atoms with van der Waals surface area (Å²) in [7, 11) is 0. The first-order chi connectivity index (χ1) is 16.4. The molecule has 3 aromatic rings. The first-order valence-corrected chi connectivity index (χ1v) is 11.3. The van der Waals surface area contributed by atoms with E-state index >= 15 is 0 Å². The first-order valence-electron chi connectivity index (χ1n) is 11.3. The van der Waals surface area contributed by atoms with Crippen molar-refractivity contribution in [1.29, 1.82) is 0 Å². The fraction of sp³-hybridized carbons (Fsp3) is 0.360. The summed E-state index contributed by atoms with van der Waals surface area (Å²) < 4.78 is 19.6. The number of likely N-dealkylation sites (tertiary alicyclic amines) is 1. The molecule has 178 valence electrons. The minimum absolute atomic E-state index is 0.0524. The van der Waals surface area contributed by atoms with E-state index in [1.165, 1.54) is 16.7 Å². The summed E-state index contributed by atoms with van der Waals surface area (Å²) in [4.78, 5) is 43.7. The van der Waals surface area contributed by atoms with Crippen molar-refractivity contribution in [3.63, 3.8) is 0 Å². The van der Waals surface area contributed by atoms with E-state index in [-0.39, 0.29) is 30.4 Å². The van der Waals surface area contributed by atoms with E-state index in [2.05, 4.69) is 4.98 Å². The van der Waals surface area contributed by atoms with Crippen LogP contribution in [-0.2, 0) is 22.5 Å². The van der Waals surface area contributed by atoms with Crippen LogP contribution in [-0.4, -0.2) is 51.1 Å². The summed E-state index contributed by atoms with van der Waals surface area (Å²) in [6, 6.07) is 7.82. The van der Waals surface area contributed by atoms with Crippen molar-refractivity contribution >= 4 is 22.9 Å². The van der Waals surface area contributed by atoms with E-state index in [1.54, 1.807) is 36.2 Å². The molecule has 0 radical (unpaired) electrons. The van der Waals surface area contributed by atoms with Crippen molar-refractivity contribution < 1.29 is 23.8 Å². The maximum Gasteiger partial charge on any atom is 0.347 e. The Bertz CT molecular complexity index is 1290. The number of fused-ring (bicyclic) bond motifs is 1. The lowest BCUT2D eigenvalue weighted by Crippen LogP contribution is -2.31. The van der Waals surface area contributed by atoms with Gasteiger partial charge in [0.1, 0.15) is 11.3 Å². The van der Waals surface area contributed by atoms with Crippen molar-refractivity contribution in [2.75, 3.05) is 19.7 Å². The quantitative estimate of drug-likeness (QED) is 0.511. The second-order valence-corrected chi connectivity index (χ2v) is 8.25. The number of aromatic hydroxyl groups is 1. The van der Waals surface area contributed by atoms with Crippen LogP contribution in [0.2, 0.25) is 0 Å². The van der Waals surface area contributed by atoms with E-state index in [0.29, 0.717) is 37.9 Å². The molecule has 0 saturated carbocycles. The van der Waals surface area contributed by atoms with Crippen LogP contribution in [0.15, 0.2) is 41.3 Å². The molecule has 1 N–H and O–H groups in total. The van der Waals surface area contributed by atoms with E-state index < -0.39 is 22.8 Å². The maximum atomic E-state index is 13.3. The molecule has 8 nitrogen and oxygen atoms in total. The Labute approximate surface area is 195 Å². The smallest absolute Gasteiger partial charge is 0.347 e. The number of halogens is 1. The SMILES string of the molecule is CCOC(=O)c1c(O)c2ncc(Cc3ccc(F)cc3)cc2n(CCCN2CCCC2=O)c1=O. The van der Waals surface area contributed by atoms with Crippen LogP contribution in [0.25, 0.3) is 11.0 Å². The van der Waals surface area contributed by atoms with E-state index in [4.69, 9.17) is 4.74 Å². The Balaban J connectivity index is 1.73. The molecule has 1 aliphatic heterocycles. The maximum absolute atomic E-state index is 13.3. The molecule has 0 aliphatic carbocycles. The summed E-state index contributed by atoms with van der Waals surface area (Å²) in [5, 5.41) is 10.7. The molecule has 9 heteroatoms. The lowest BCUT2D eigenvalue weighted by molar-refractivity contribution is -0.127. The predicted octanol–water partition coefficient (Wildman–Crippen LogP) is 3.02. The molecular weight excluding hydrogens is 441 g/mol. The molecule has 1 aliphatic rings. The number of carbonyl (C=O) groups excluding carboxylic acids is 2. The lowest BCUT2D eigenvalue weighted by atomic mass is 10.1. The third-order valence-electron chi connectivity index (χ3n) is 5.92.